The Labute approximate surface area is 122 Å². The van der Waals surface area contributed by atoms with Gasteiger partial charge in [-0.05, 0) is 19.9 Å². The molecule has 0 amide bonds. The fourth-order valence-corrected chi connectivity index (χ4v) is 2.32. The summed E-state index contributed by atoms with van der Waals surface area (Å²) in [6.07, 6.45) is 1.69. The largest absolute Gasteiger partial charge is 0.464 e. The summed E-state index contributed by atoms with van der Waals surface area (Å²) in [5, 5.41) is 4.96. The molecule has 7 heteroatoms. The Morgan fingerprint density at radius 2 is 2.25 bits per heavy atom. The summed E-state index contributed by atoms with van der Waals surface area (Å²) in [4.78, 5) is 11.7. The Morgan fingerprint density at radius 3 is 2.85 bits per heavy atom. The van der Waals surface area contributed by atoms with Crippen molar-refractivity contribution >= 4 is 23.3 Å². The standard InChI is InChI=1S/C13H17ClN4O2/c1-4-18-11(12(14)8(2)16-18)7-17-6-9(15)5-10(17)13(19)20-3/h5-6H,4,7,15H2,1-3H3. The minimum atomic E-state index is -0.433. The van der Waals surface area contributed by atoms with Crippen molar-refractivity contribution in [3.8, 4) is 0 Å². The molecule has 0 saturated carbocycles. The van der Waals surface area contributed by atoms with E-state index in [-0.39, 0.29) is 0 Å². The topological polar surface area (TPSA) is 75.1 Å². The predicted octanol–water partition coefficient (Wildman–Crippen LogP) is 2.08. The van der Waals surface area contributed by atoms with E-state index in [9.17, 15) is 4.79 Å². The van der Waals surface area contributed by atoms with Gasteiger partial charge in [-0.3, -0.25) is 4.68 Å². The van der Waals surface area contributed by atoms with Crippen molar-refractivity contribution in [3.63, 3.8) is 0 Å². The second-order valence-electron chi connectivity index (χ2n) is 4.44. The van der Waals surface area contributed by atoms with Crippen LogP contribution in [0.2, 0.25) is 5.02 Å². The SMILES string of the molecule is CCn1nc(C)c(Cl)c1Cn1cc(N)cc1C(=O)OC. The van der Waals surface area contributed by atoms with Gasteiger partial charge in [0.25, 0.3) is 0 Å². The lowest BCUT2D eigenvalue weighted by molar-refractivity contribution is 0.0589. The number of nitrogen functional groups attached to an aromatic ring is 1. The van der Waals surface area contributed by atoms with E-state index in [0.29, 0.717) is 29.5 Å². The molecule has 0 atom stereocenters. The third-order valence-corrected chi connectivity index (χ3v) is 3.58. The van der Waals surface area contributed by atoms with Crippen LogP contribution >= 0.6 is 11.6 Å². The van der Waals surface area contributed by atoms with E-state index in [4.69, 9.17) is 22.1 Å². The molecule has 0 bridgehead atoms. The van der Waals surface area contributed by atoms with Gasteiger partial charge in [0.1, 0.15) is 5.69 Å². The molecule has 2 rings (SSSR count). The molecule has 108 valence electrons. The Hall–Kier alpha value is -1.95. The van der Waals surface area contributed by atoms with Gasteiger partial charge in [0.2, 0.25) is 0 Å². The van der Waals surface area contributed by atoms with Crippen molar-refractivity contribution < 1.29 is 9.53 Å². The van der Waals surface area contributed by atoms with E-state index in [1.165, 1.54) is 7.11 Å². The maximum atomic E-state index is 11.7. The third-order valence-electron chi connectivity index (χ3n) is 3.09. The summed E-state index contributed by atoms with van der Waals surface area (Å²) >= 11 is 6.27. The summed E-state index contributed by atoms with van der Waals surface area (Å²) in [5.41, 5.74) is 8.25. The zero-order valence-corrected chi connectivity index (χ0v) is 12.4. The van der Waals surface area contributed by atoms with E-state index >= 15 is 0 Å². The Bertz CT molecular complexity index is 645. The van der Waals surface area contributed by atoms with Crippen LogP contribution < -0.4 is 5.73 Å². The van der Waals surface area contributed by atoms with Gasteiger partial charge < -0.3 is 15.0 Å². The number of ether oxygens (including phenoxy) is 1. The molecule has 2 aromatic heterocycles. The molecule has 2 aromatic rings. The van der Waals surface area contributed by atoms with E-state index in [2.05, 4.69) is 5.10 Å². The summed E-state index contributed by atoms with van der Waals surface area (Å²) in [6, 6.07) is 1.58. The minimum absolute atomic E-state index is 0.391. The van der Waals surface area contributed by atoms with Gasteiger partial charge in [-0.15, -0.1) is 0 Å². The van der Waals surface area contributed by atoms with Crippen LogP contribution in [0.4, 0.5) is 5.69 Å². The second kappa shape index (κ2) is 5.58. The zero-order chi connectivity index (χ0) is 14.9. The van der Waals surface area contributed by atoms with Gasteiger partial charge in [-0.2, -0.15) is 5.10 Å². The Kier molecular flexibility index (Phi) is 4.04. The minimum Gasteiger partial charge on any atom is -0.464 e. The maximum absolute atomic E-state index is 11.7. The number of hydrogen-bond donors (Lipinski definition) is 1. The molecule has 0 unspecified atom stereocenters. The number of anilines is 1. The highest BCUT2D eigenvalue weighted by Gasteiger charge is 2.18. The lowest BCUT2D eigenvalue weighted by atomic mass is 10.3. The first-order chi connectivity index (χ1) is 9.47. The van der Waals surface area contributed by atoms with Gasteiger partial charge in [-0.25, -0.2) is 4.79 Å². The number of rotatable bonds is 4. The highest BCUT2D eigenvalue weighted by atomic mass is 35.5. The molecular formula is C13H17ClN4O2. The fraction of sp³-hybridized carbons (Fsp3) is 0.385. The molecule has 0 saturated heterocycles. The number of halogens is 1. The quantitative estimate of drug-likeness (QED) is 0.877. The molecule has 0 aliphatic rings. The average Bonchev–Trinajstić information content (AvgIpc) is 2.92. The lowest BCUT2D eigenvalue weighted by Gasteiger charge is -2.09. The second-order valence-corrected chi connectivity index (χ2v) is 4.82. The van der Waals surface area contributed by atoms with Crippen LogP contribution in [0.25, 0.3) is 0 Å². The number of aryl methyl sites for hydroxylation is 2. The first-order valence-electron chi connectivity index (χ1n) is 6.23. The number of carbonyl (C=O) groups excluding carboxylic acids is 1. The molecule has 0 radical (unpaired) electrons. The van der Waals surface area contributed by atoms with Crippen LogP contribution in [-0.2, 0) is 17.8 Å². The molecule has 6 nitrogen and oxygen atoms in total. The van der Waals surface area contributed by atoms with Gasteiger partial charge in [-0.1, -0.05) is 11.6 Å². The number of aromatic nitrogens is 3. The van der Waals surface area contributed by atoms with E-state index in [1.54, 1.807) is 16.8 Å². The number of nitrogens with zero attached hydrogens (tertiary/aromatic N) is 3. The van der Waals surface area contributed by atoms with Gasteiger partial charge in [0.15, 0.2) is 0 Å². The fourth-order valence-electron chi connectivity index (χ4n) is 2.12. The van der Waals surface area contributed by atoms with E-state index < -0.39 is 5.97 Å². The zero-order valence-electron chi connectivity index (χ0n) is 11.7. The number of carbonyl (C=O) groups is 1. The van der Waals surface area contributed by atoms with Gasteiger partial charge in [0.05, 0.1) is 35.8 Å². The molecule has 0 aliphatic heterocycles. The molecule has 0 aliphatic carbocycles. The van der Waals surface area contributed by atoms with E-state index in [1.807, 2.05) is 18.5 Å². The van der Waals surface area contributed by atoms with Crippen molar-refractivity contribution in [3.05, 3.63) is 34.4 Å². The average molecular weight is 297 g/mol. The van der Waals surface area contributed by atoms with Crippen LogP contribution in [0.1, 0.15) is 28.8 Å². The van der Waals surface area contributed by atoms with Crippen molar-refractivity contribution in [2.45, 2.75) is 26.9 Å². The molecular weight excluding hydrogens is 280 g/mol. The van der Waals surface area contributed by atoms with Gasteiger partial charge in [0, 0.05) is 12.7 Å². The third kappa shape index (κ3) is 2.51. The molecule has 2 heterocycles. The Morgan fingerprint density at radius 1 is 1.55 bits per heavy atom. The summed E-state index contributed by atoms with van der Waals surface area (Å²) < 4.78 is 8.28. The number of nitrogens with two attached hydrogens (primary N) is 1. The highest BCUT2D eigenvalue weighted by Crippen LogP contribution is 2.23. The van der Waals surface area contributed by atoms with Crippen molar-refractivity contribution in [1.82, 2.24) is 14.3 Å². The highest BCUT2D eigenvalue weighted by molar-refractivity contribution is 6.31. The molecule has 0 spiro atoms. The molecule has 2 N–H and O–H groups in total. The van der Waals surface area contributed by atoms with Crippen LogP contribution in [0.5, 0.6) is 0 Å². The number of esters is 1. The molecule has 20 heavy (non-hydrogen) atoms. The number of hydrogen-bond acceptors (Lipinski definition) is 4. The van der Waals surface area contributed by atoms with E-state index in [0.717, 1.165) is 11.4 Å². The van der Waals surface area contributed by atoms with Crippen molar-refractivity contribution in [2.75, 3.05) is 12.8 Å². The summed E-state index contributed by atoms with van der Waals surface area (Å²) in [7, 11) is 1.34. The predicted molar refractivity (Wildman–Crippen MR) is 76.9 cm³/mol. The monoisotopic (exact) mass is 296 g/mol. The van der Waals surface area contributed by atoms with Crippen molar-refractivity contribution in [1.29, 1.82) is 0 Å². The summed E-state index contributed by atoms with van der Waals surface area (Å²) in [6.45, 7) is 4.95. The lowest BCUT2D eigenvalue weighted by Crippen LogP contribution is -2.13. The first-order valence-corrected chi connectivity index (χ1v) is 6.61. The smallest absolute Gasteiger partial charge is 0.354 e. The Balaban J connectivity index is 2.42. The number of methoxy groups -OCH3 is 1. The van der Waals surface area contributed by atoms with Crippen molar-refractivity contribution in [2.24, 2.45) is 0 Å². The van der Waals surface area contributed by atoms with Crippen LogP contribution in [0.15, 0.2) is 12.3 Å². The maximum Gasteiger partial charge on any atom is 0.354 e. The molecule has 0 aromatic carbocycles. The summed E-state index contributed by atoms with van der Waals surface area (Å²) in [5.74, 6) is -0.433. The first kappa shape index (κ1) is 14.5. The molecule has 0 fully saturated rings. The van der Waals surface area contributed by atoms with Crippen LogP contribution in [0.3, 0.4) is 0 Å². The normalized spacial score (nSPS) is 10.8. The van der Waals surface area contributed by atoms with Crippen LogP contribution in [-0.4, -0.2) is 27.4 Å². The van der Waals surface area contributed by atoms with Gasteiger partial charge >= 0.3 is 5.97 Å². The van der Waals surface area contributed by atoms with Crippen LogP contribution in [0, 0.1) is 6.92 Å².